The van der Waals surface area contributed by atoms with Crippen LogP contribution in [0.5, 0.6) is 5.75 Å². The first-order chi connectivity index (χ1) is 11.5. The number of benzene rings is 2. The van der Waals surface area contributed by atoms with Crippen LogP contribution in [0.4, 0.5) is 11.4 Å². The largest absolute Gasteiger partial charge is 0.484 e. The smallest absolute Gasteiger partial charge is 0.262 e. The Morgan fingerprint density at radius 3 is 2.88 bits per heavy atom. The Morgan fingerprint density at radius 1 is 1.25 bits per heavy atom. The molecule has 0 saturated heterocycles. The number of carbonyl (C=O) groups excluding carboxylic acids is 2. The highest BCUT2D eigenvalue weighted by Crippen LogP contribution is 2.25. The number of amides is 2. The lowest BCUT2D eigenvalue weighted by atomic mass is 10.0. The van der Waals surface area contributed by atoms with E-state index < -0.39 is 0 Å². The van der Waals surface area contributed by atoms with Gasteiger partial charge in [-0.2, -0.15) is 0 Å². The maximum Gasteiger partial charge on any atom is 0.262 e. The summed E-state index contributed by atoms with van der Waals surface area (Å²) in [7, 11) is 0. The summed E-state index contributed by atoms with van der Waals surface area (Å²) in [4.78, 5) is 23.4. The molecule has 0 unspecified atom stereocenters. The predicted molar refractivity (Wildman–Crippen MR) is 93.7 cm³/mol. The molecule has 0 aromatic heterocycles. The SMILES string of the molecule is Cc1cc(OCC(=O)Nc2ccc3c(c2)CCC(=O)N3)ccc1Cl. The third kappa shape index (κ3) is 3.86. The molecule has 2 aromatic rings. The zero-order valence-corrected chi connectivity index (χ0v) is 13.9. The van der Waals surface area contributed by atoms with Gasteiger partial charge >= 0.3 is 0 Å². The van der Waals surface area contributed by atoms with E-state index in [2.05, 4.69) is 10.6 Å². The minimum Gasteiger partial charge on any atom is -0.484 e. The lowest BCUT2D eigenvalue weighted by Gasteiger charge is -2.17. The van der Waals surface area contributed by atoms with Gasteiger partial charge in [-0.25, -0.2) is 0 Å². The van der Waals surface area contributed by atoms with E-state index in [1.54, 1.807) is 30.3 Å². The van der Waals surface area contributed by atoms with Crippen molar-refractivity contribution in [1.29, 1.82) is 0 Å². The van der Waals surface area contributed by atoms with Crippen molar-refractivity contribution in [3.63, 3.8) is 0 Å². The number of hydrogen-bond acceptors (Lipinski definition) is 3. The molecule has 3 rings (SSSR count). The van der Waals surface area contributed by atoms with Crippen LogP contribution in [0, 0.1) is 6.92 Å². The summed E-state index contributed by atoms with van der Waals surface area (Å²) < 4.78 is 5.47. The van der Waals surface area contributed by atoms with Crippen LogP contribution in [0.3, 0.4) is 0 Å². The maximum atomic E-state index is 12.0. The number of fused-ring (bicyclic) bond motifs is 1. The van der Waals surface area contributed by atoms with Crippen LogP contribution in [0.25, 0.3) is 0 Å². The molecule has 1 heterocycles. The number of carbonyl (C=O) groups is 2. The van der Waals surface area contributed by atoms with E-state index in [0.717, 1.165) is 16.8 Å². The molecule has 0 saturated carbocycles. The number of hydrogen-bond donors (Lipinski definition) is 2. The zero-order chi connectivity index (χ0) is 17.1. The molecule has 0 bridgehead atoms. The molecule has 24 heavy (non-hydrogen) atoms. The van der Waals surface area contributed by atoms with E-state index in [9.17, 15) is 9.59 Å². The third-order valence-corrected chi connectivity index (χ3v) is 4.21. The van der Waals surface area contributed by atoms with Gasteiger partial charge in [-0.15, -0.1) is 0 Å². The number of nitrogens with one attached hydrogen (secondary N) is 2. The van der Waals surface area contributed by atoms with E-state index in [1.807, 2.05) is 13.0 Å². The Hall–Kier alpha value is -2.53. The zero-order valence-electron chi connectivity index (χ0n) is 13.2. The number of anilines is 2. The molecule has 0 radical (unpaired) electrons. The van der Waals surface area contributed by atoms with Gasteiger partial charge in [0.15, 0.2) is 6.61 Å². The molecule has 0 fully saturated rings. The quantitative estimate of drug-likeness (QED) is 0.891. The molecule has 1 aliphatic heterocycles. The summed E-state index contributed by atoms with van der Waals surface area (Å²) >= 11 is 5.96. The van der Waals surface area contributed by atoms with Gasteiger partial charge in [-0.1, -0.05) is 11.6 Å². The molecule has 0 aliphatic carbocycles. The molecule has 124 valence electrons. The van der Waals surface area contributed by atoms with Gasteiger partial charge in [0.1, 0.15) is 5.75 Å². The van der Waals surface area contributed by atoms with E-state index >= 15 is 0 Å². The first-order valence-corrected chi connectivity index (χ1v) is 8.00. The number of aryl methyl sites for hydroxylation is 2. The summed E-state index contributed by atoms with van der Waals surface area (Å²) in [5.41, 5.74) is 3.40. The van der Waals surface area contributed by atoms with Crippen molar-refractivity contribution < 1.29 is 14.3 Å². The van der Waals surface area contributed by atoms with Gasteiger partial charge in [-0.3, -0.25) is 9.59 Å². The van der Waals surface area contributed by atoms with Crippen LogP contribution in [-0.2, 0) is 16.0 Å². The van der Waals surface area contributed by atoms with Crippen LogP contribution in [0.2, 0.25) is 5.02 Å². The van der Waals surface area contributed by atoms with Crippen LogP contribution in [0.1, 0.15) is 17.5 Å². The van der Waals surface area contributed by atoms with Crippen molar-refractivity contribution in [1.82, 2.24) is 0 Å². The average molecular weight is 345 g/mol. The Labute approximate surface area is 145 Å². The van der Waals surface area contributed by atoms with E-state index in [4.69, 9.17) is 16.3 Å². The highest BCUT2D eigenvalue weighted by atomic mass is 35.5. The highest BCUT2D eigenvalue weighted by Gasteiger charge is 2.15. The lowest BCUT2D eigenvalue weighted by molar-refractivity contribution is -0.118. The van der Waals surface area contributed by atoms with Gasteiger partial charge < -0.3 is 15.4 Å². The van der Waals surface area contributed by atoms with Gasteiger partial charge in [0.05, 0.1) is 0 Å². The van der Waals surface area contributed by atoms with E-state index in [0.29, 0.717) is 29.3 Å². The lowest BCUT2D eigenvalue weighted by Crippen LogP contribution is -2.21. The molecular formula is C18H17ClN2O3. The van der Waals surface area contributed by atoms with E-state index in [1.165, 1.54) is 0 Å². The van der Waals surface area contributed by atoms with Crippen molar-refractivity contribution in [2.45, 2.75) is 19.8 Å². The Morgan fingerprint density at radius 2 is 2.08 bits per heavy atom. The highest BCUT2D eigenvalue weighted by molar-refractivity contribution is 6.31. The average Bonchev–Trinajstić information content (AvgIpc) is 2.56. The second-order valence-electron chi connectivity index (χ2n) is 5.67. The topological polar surface area (TPSA) is 67.4 Å². The second-order valence-corrected chi connectivity index (χ2v) is 6.08. The molecule has 0 atom stereocenters. The fraction of sp³-hybridized carbons (Fsp3) is 0.222. The first-order valence-electron chi connectivity index (χ1n) is 7.63. The Bertz CT molecular complexity index is 805. The number of halogens is 1. The van der Waals surface area contributed by atoms with Crippen molar-refractivity contribution in [3.05, 3.63) is 52.5 Å². The first kappa shape index (κ1) is 16.3. The minimum atomic E-state index is -0.248. The van der Waals surface area contributed by atoms with Gasteiger partial charge in [0, 0.05) is 22.8 Å². The summed E-state index contributed by atoms with van der Waals surface area (Å²) in [5, 5.41) is 6.27. The van der Waals surface area contributed by atoms with Crippen molar-refractivity contribution in [3.8, 4) is 5.75 Å². The molecule has 5 nitrogen and oxygen atoms in total. The molecule has 6 heteroatoms. The van der Waals surface area contributed by atoms with E-state index in [-0.39, 0.29) is 18.4 Å². The maximum absolute atomic E-state index is 12.0. The Balaban J connectivity index is 1.58. The van der Waals surface area contributed by atoms with Crippen LogP contribution >= 0.6 is 11.6 Å². The molecule has 2 aromatic carbocycles. The molecule has 1 aliphatic rings. The number of ether oxygens (including phenoxy) is 1. The predicted octanol–water partition coefficient (Wildman–Crippen LogP) is 3.55. The third-order valence-electron chi connectivity index (χ3n) is 3.78. The van der Waals surface area contributed by atoms with Crippen molar-refractivity contribution >= 4 is 34.8 Å². The minimum absolute atomic E-state index is 0.0194. The van der Waals surface area contributed by atoms with Gasteiger partial charge in [-0.05, 0) is 60.9 Å². The Kier molecular flexibility index (Phi) is 4.71. The number of rotatable bonds is 4. The summed E-state index contributed by atoms with van der Waals surface area (Å²) in [6.45, 7) is 1.79. The molecular weight excluding hydrogens is 328 g/mol. The monoisotopic (exact) mass is 344 g/mol. The normalized spacial score (nSPS) is 13.0. The van der Waals surface area contributed by atoms with Crippen molar-refractivity contribution in [2.75, 3.05) is 17.2 Å². The summed E-state index contributed by atoms with van der Waals surface area (Å²) in [6, 6.07) is 10.7. The molecule has 0 spiro atoms. The fourth-order valence-corrected chi connectivity index (χ4v) is 2.63. The van der Waals surface area contributed by atoms with Crippen LogP contribution < -0.4 is 15.4 Å². The second kappa shape index (κ2) is 6.93. The standard InChI is InChI=1S/C18H17ClN2O3/c1-11-8-14(4-5-15(11)19)24-10-18(23)20-13-3-6-16-12(9-13)2-7-17(22)21-16/h3-6,8-9H,2,7,10H2,1H3,(H,20,23)(H,21,22). The summed E-state index contributed by atoms with van der Waals surface area (Å²) in [5.74, 6) is 0.369. The van der Waals surface area contributed by atoms with Crippen LogP contribution in [0.15, 0.2) is 36.4 Å². The summed E-state index contributed by atoms with van der Waals surface area (Å²) in [6.07, 6.45) is 1.13. The molecule has 2 amide bonds. The van der Waals surface area contributed by atoms with Crippen LogP contribution in [-0.4, -0.2) is 18.4 Å². The fourth-order valence-electron chi connectivity index (χ4n) is 2.51. The van der Waals surface area contributed by atoms with Gasteiger partial charge in [0.2, 0.25) is 5.91 Å². The van der Waals surface area contributed by atoms with Gasteiger partial charge in [0.25, 0.3) is 5.91 Å². The van der Waals surface area contributed by atoms with Crippen molar-refractivity contribution in [2.24, 2.45) is 0 Å². The molecule has 2 N–H and O–H groups in total.